The van der Waals surface area contributed by atoms with Gasteiger partial charge in [0.25, 0.3) is 5.91 Å². The molecule has 1 aliphatic heterocycles. The van der Waals surface area contributed by atoms with Crippen molar-refractivity contribution in [1.82, 2.24) is 9.29 Å². The number of benzene rings is 1. The highest BCUT2D eigenvalue weighted by Crippen LogP contribution is 2.31. The molecule has 1 aromatic carbocycles. The molecule has 2 N–H and O–H groups in total. The van der Waals surface area contributed by atoms with Crippen LogP contribution in [0.1, 0.15) is 12.0 Å². The number of hydrogen-bond acceptors (Lipinski definition) is 6. The van der Waals surface area contributed by atoms with Crippen LogP contribution in [0.2, 0.25) is 0 Å². The van der Waals surface area contributed by atoms with Crippen LogP contribution in [0.15, 0.2) is 47.5 Å². The number of sulfonamides is 1. The maximum Gasteiger partial charge on any atom is 0.416 e. The Hall–Kier alpha value is -2.86. The second-order valence-corrected chi connectivity index (χ2v) is 8.44. The fraction of sp³-hybridized carbons (Fsp3) is 0.333. The van der Waals surface area contributed by atoms with Crippen LogP contribution in [0.5, 0.6) is 11.6 Å². The van der Waals surface area contributed by atoms with Crippen LogP contribution < -0.4 is 15.2 Å². The van der Waals surface area contributed by atoms with Crippen LogP contribution in [0.25, 0.3) is 0 Å². The average Bonchev–Trinajstić information content (AvgIpc) is 3.15. The van der Waals surface area contributed by atoms with Crippen LogP contribution in [-0.4, -0.2) is 49.4 Å². The molecule has 8 nitrogen and oxygen atoms in total. The Labute approximate surface area is 170 Å². The third-order valence-electron chi connectivity index (χ3n) is 4.30. The minimum Gasteiger partial charge on any atom is -0.484 e. The fourth-order valence-corrected chi connectivity index (χ4v) is 4.33. The maximum atomic E-state index is 12.8. The standard InChI is InChI=1S/C18H18F3N3O5S/c19-18(20,21)12-5-7-23-17(9-12)29-14-6-8-24(10-14)30(26,27)15-3-1-13(2-4-15)28-11-16(22)25/h1-5,7,9,14H,6,8,10-11H2,(H2,22,25)/t14-/m1/s1. The molecular weight excluding hydrogens is 427 g/mol. The maximum absolute atomic E-state index is 12.8. The largest absolute Gasteiger partial charge is 0.484 e. The van der Waals surface area contributed by atoms with Gasteiger partial charge in [-0.1, -0.05) is 0 Å². The number of amides is 1. The van der Waals surface area contributed by atoms with Crippen molar-refractivity contribution in [2.75, 3.05) is 19.7 Å². The van der Waals surface area contributed by atoms with E-state index < -0.39 is 33.8 Å². The Morgan fingerprint density at radius 3 is 2.57 bits per heavy atom. The lowest BCUT2D eigenvalue weighted by atomic mass is 10.2. The van der Waals surface area contributed by atoms with E-state index in [1.54, 1.807) is 0 Å². The third kappa shape index (κ3) is 5.19. The number of hydrogen-bond donors (Lipinski definition) is 1. The van der Waals surface area contributed by atoms with Gasteiger partial charge in [0, 0.05) is 18.8 Å². The normalized spacial score (nSPS) is 17.6. The summed E-state index contributed by atoms with van der Waals surface area (Å²) in [6.45, 7) is -0.215. The van der Waals surface area contributed by atoms with Gasteiger partial charge < -0.3 is 15.2 Å². The Morgan fingerprint density at radius 1 is 1.23 bits per heavy atom. The van der Waals surface area contributed by atoms with Crippen LogP contribution in [0.4, 0.5) is 13.2 Å². The highest BCUT2D eigenvalue weighted by Gasteiger charge is 2.35. The van der Waals surface area contributed by atoms with E-state index >= 15 is 0 Å². The molecule has 1 aliphatic rings. The molecule has 1 amide bonds. The number of ether oxygens (including phenoxy) is 2. The number of pyridine rings is 1. The molecule has 12 heteroatoms. The van der Waals surface area contributed by atoms with E-state index in [4.69, 9.17) is 15.2 Å². The first-order valence-electron chi connectivity index (χ1n) is 8.77. The molecule has 1 aromatic heterocycles. The summed E-state index contributed by atoms with van der Waals surface area (Å²) in [4.78, 5) is 14.5. The predicted octanol–water partition coefficient (Wildman–Crippen LogP) is 1.81. The molecule has 0 aliphatic carbocycles. The van der Waals surface area contributed by atoms with Gasteiger partial charge in [0.1, 0.15) is 11.9 Å². The first-order chi connectivity index (χ1) is 14.1. The van der Waals surface area contributed by atoms with Gasteiger partial charge in [-0.2, -0.15) is 17.5 Å². The number of alkyl halides is 3. The van der Waals surface area contributed by atoms with E-state index in [9.17, 15) is 26.4 Å². The molecular formula is C18H18F3N3O5S. The topological polar surface area (TPSA) is 112 Å². The number of carbonyl (C=O) groups excluding carboxylic acids is 1. The van der Waals surface area contributed by atoms with Crippen molar-refractivity contribution >= 4 is 15.9 Å². The van der Waals surface area contributed by atoms with Crippen molar-refractivity contribution < 1.29 is 35.9 Å². The minimum absolute atomic E-state index is 0.00627. The molecule has 1 fully saturated rings. The zero-order chi connectivity index (χ0) is 21.9. The monoisotopic (exact) mass is 445 g/mol. The zero-order valence-electron chi connectivity index (χ0n) is 15.5. The summed E-state index contributed by atoms with van der Waals surface area (Å²) in [7, 11) is -3.84. The first-order valence-corrected chi connectivity index (χ1v) is 10.2. The number of aromatic nitrogens is 1. The minimum atomic E-state index is -4.53. The van der Waals surface area contributed by atoms with E-state index in [0.29, 0.717) is 6.42 Å². The number of halogens is 3. The van der Waals surface area contributed by atoms with E-state index in [0.717, 1.165) is 18.3 Å². The van der Waals surface area contributed by atoms with Crippen molar-refractivity contribution in [3.8, 4) is 11.6 Å². The van der Waals surface area contributed by atoms with Crippen molar-refractivity contribution in [1.29, 1.82) is 0 Å². The van der Waals surface area contributed by atoms with Gasteiger partial charge in [-0.15, -0.1) is 0 Å². The van der Waals surface area contributed by atoms with Crippen LogP contribution >= 0.6 is 0 Å². The Morgan fingerprint density at radius 2 is 1.93 bits per heavy atom. The van der Waals surface area contributed by atoms with E-state index in [2.05, 4.69) is 4.98 Å². The summed E-state index contributed by atoms with van der Waals surface area (Å²) >= 11 is 0. The van der Waals surface area contributed by atoms with Gasteiger partial charge in [-0.05, 0) is 36.8 Å². The summed E-state index contributed by atoms with van der Waals surface area (Å²) in [5.41, 5.74) is 4.09. The van der Waals surface area contributed by atoms with Crippen molar-refractivity contribution in [2.45, 2.75) is 23.6 Å². The van der Waals surface area contributed by atoms with Crippen LogP contribution in [0.3, 0.4) is 0 Å². The zero-order valence-corrected chi connectivity index (χ0v) is 16.3. The molecule has 1 atom stereocenters. The highest BCUT2D eigenvalue weighted by atomic mass is 32.2. The van der Waals surface area contributed by atoms with Gasteiger partial charge in [-0.3, -0.25) is 4.79 Å². The second-order valence-electron chi connectivity index (χ2n) is 6.50. The number of carbonyl (C=O) groups is 1. The summed E-state index contributed by atoms with van der Waals surface area (Å²) < 4.78 is 75.7. The molecule has 162 valence electrons. The van der Waals surface area contributed by atoms with Crippen molar-refractivity contribution in [2.24, 2.45) is 5.73 Å². The lowest BCUT2D eigenvalue weighted by molar-refractivity contribution is -0.137. The smallest absolute Gasteiger partial charge is 0.416 e. The average molecular weight is 445 g/mol. The summed E-state index contributed by atoms with van der Waals surface area (Å²) in [6.07, 6.45) is -3.87. The first kappa shape index (κ1) is 21.8. The van der Waals surface area contributed by atoms with Crippen LogP contribution in [0, 0.1) is 0 Å². The second kappa shape index (κ2) is 8.48. The molecule has 1 saturated heterocycles. The van der Waals surface area contributed by atoms with E-state index in [-0.39, 0.29) is 36.2 Å². The fourth-order valence-electron chi connectivity index (χ4n) is 2.84. The number of nitrogens with zero attached hydrogens (tertiary/aromatic N) is 2. The molecule has 0 saturated carbocycles. The molecule has 3 rings (SSSR count). The predicted molar refractivity (Wildman–Crippen MR) is 98.2 cm³/mol. The quantitative estimate of drug-likeness (QED) is 0.696. The van der Waals surface area contributed by atoms with E-state index in [1.165, 1.54) is 28.6 Å². The summed E-state index contributed by atoms with van der Waals surface area (Å²) in [6, 6.07) is 7.05. The molecule has 0 radical (unpaired) electrons. The number of primary amides is 1. The van der Waals surface area contributed by atoms with Crippen LogP contribution in [-0.2, 0) is 21.0 Å². The van der Waals surface area contributed by atoms with E-state index in [1.807, 2.05) is 0 Å². The molecule has 0 unspecified atom stereocenters. The Kier molecular flexibility index (Phi) is 6.17. The van der Waals surface area contributed by atoms with Crippen molar-refractivity contribution in [3.63, 3.8) is 0 Å². The summed E-state index contributed by atoms with van der Waals surface area (Å²) in [5, 5.41) is 0. The van der Waals surface area contributed by atoms with Gasteiger partial charge in [-0.25, -0.2) is 13.4 Å². The third-order valence-corrected chi connectivity index (χ3v) is 6.18. The lowest BCUT2D eigenvalue weighted by Gasteiger charge is -2.17. The van der Waals surface area contributed by atoms with Crippen molar-refractivity contribution in [3.05, 3.63) is 48.2 Å². The highest BCUT2D eigenvalue weighted by molar-refractivity contribution is 7.89. The molecule has 30 heavy (non-hydrogen) atoms. The number of rotatable bonds is 7. The Balaban J connectivity index is 1.65. The molecule has 0 spiro atoms. The van der Waals surface area contributed by atoms with Gasteiger partial charge in [0.05, 0.1) is 17.0 Å². The number of nitrogens with two attached hydrogens (primary N) is 1. The molecule has 0 bridgehead atoms. The Bertz CT molecular complexity index is 1010. The van der Waals surface area contributed by atoms with Gasteiger partial charge in [0.15, 0.2) is 6.61 Å². The lowest BCUT2D eigenvalue weighted by Crippen LogP contribution is -2.31. The van der Waals surface area contributed by atoms with Gasteiger partial charge in [0.2, 0.25) is 15.9 Å². The molecule has 2 aromatic rings. The van der Waals surface area contributed by atoms with Gasteiger partial charge >= 0.3 is 6.18 Å². The molecule has 2 heterocycles. The summed E-state index contributed by atoms with van der Waals surface area (Å²) in [5.74, 6) is -0.596. The SMILES string of the molecule is NC(=O)COc1ccc(S(=O)(=O)N2CC[C@@H](Oc3cc(C(F)(F)F)ccn3)C2)cc1.